The molecule has 0 nitrogen and oxygen atoms in total. The molecular weight excluding hydrogens is 1440 g/mol. The summed E-state index contributed by atoms with van der Waals surface area (Å²) in [5.74, 6) is 0. The summed E-state index contributed by atoms with van der Waals surface area (Å²) in [5, 5.41) is 0. The first-order valence-electron chi connectivity index (χ1n) is 47.8. The first kappa shape index (κ1) is 87.7. The van der Waals surface area contributed by atoms with Gasteiger partial charge in [-0.15, -0.1) is 0 Å². The zero-order valence-electron chi connectivity index (χ0n) is 73.5. The van der Waals surface area contributed by atoms with E-state index < -0.39 is 0 Å². The molecule has 0 spiro atoms. The van der Waals surface area contributed by atoms with Gasteiger partial charge in [0.1, 0.15) is 0 Å². The second kappa shape index (κ2) is 48.9. The monoisotopic (exact) mass is 1580 g/mol. The topological polar surface area (TPSA) is 0 Å². The predicted molar refractivity (Wildman–Crippen MR) is 526 cm³/mol. The first-order valence-corrected chi connectivity index (χ1v) is 47.8. The normalized spacial score (nSPS) is 11.4. The zero-order valence-corrected chi connectivity index (χ0v) is 73.5. The van der Waals surface area contributed by atoms with Gasteiger partial charge in [-0.2, -0.15) is 0 Å². The molecule has 0 heterocycles. The van der Waals surface area contributed by atoms with E-state index in [4.69, 9.17) is 0 Å². The number of rotatable bonds is 51. The van der Waals surface area contributed by atoms with Crippen molar-refractivity contribution >= 4 is 0 Å². The average Bonchev–Trinajstić information content (AvgIpc) is 0.715. The van der Waals surface area contributed by atoms with Crippen molar-refractivity contribution in [3.8, 4) is 134 Å². The minimum absolute atomic E-state index is 1.09. The summed E-state index contributed by atoms with van der Waals surface area (Å²) in [6, 6.07) is 119. The molecule has 0 aliphatic carbocycles. The van der Waals surface area contributed by atoms with Gasteiger partial charge < -0.3 is 0 Å². The molecule has 618 valence electrons. The lowest BCUT2D eigenvalue weighted by Gasteiger charge is -2.30. The fourth-order valence-electron chi connectivity index (χ4n) is 19.0. The molecule has 13 aromatic carbocycles. The van der Waals surface area contributed by atoms with E-state index in [-0.39, 0.29) is 0 Å². The summed E-state index contributed by atoms with van der Waals surface area (Å²) < 4.78 is 0. The summed E-state index contributed by atoms with van der Waals surface area (Å²) in [7, 11) is 0. The molecule has 13 rings (SSSR count). The largest absolute Gasteiger partial charge is 0.0654 e. The van der Waals surface area contributed by atoms with Crippen LogP contribution in [0.1, 0.15) is 269 Å². The molecular formula is C120H138. The van der Waals surface area contributed by atoms with Crippen LogP contribution >= 0.6 is 0 Å². The summed E-state index contributed by atoms with van der Waals surface area (Å²) in [6.45, 7) is 6.94. The fraction of sp³-hybridized carbons (Fsp3) is 0.350. The maximum Gasteiger partial charge on any atom is -0.00139 e. The van der Waals surface area contributed by atoms with Crippen LogP contribution in [0, 0.1) is 0 Å². The molecule has 0 atom stereocenters. The predicted octanol–water partition coefficient (Wildman–Crippen LogP) is 37.4. The zero-order chi connectivity index (χ0) is 82.2. The Hall–Kier alpha value is -10.1. The number of aryl methyl sites for hydroxylation is 3. The Balaban J connectivity index is 0.961. The van der Waals surface area contributed by atoms with Gasteiger partial charge in [-0.05, 0) is 189 Å². The second-order valence-corrected chi connectivity index (χ2v) is 34.6. The minimum Gasteiger partial charge on any atom is -0.0654 e. The molecule has 0 fully saturated rings. The highest BCUT2D eigenvalue weighted by molar-refractivity contribution is 6.17. The van der Waals surface area contributed by atoms with Crippen molar-refractivity contribution in [2.45, 2.75) is 271 Å². The highest BCUT2D eigenvalue weighted by atomic mass is 14.4. The molecule has 0 aliphatic heterocycles. The van der Waals surface area contributed by atoms with Gasteiger partial charge in [-0.1, -0.05) is 542 Å². The Morgan fingerprint density at radius 1 is 0.108 bits per heavy atom. The van der Waals surface area contributed by atoms with Crippen LogP contribution in [0.2, 0.25) is 0 Å². The second-order valence-electron chi connectivity index (χ2n) is 34.6. The Labute approximate surface area is 725 Å². The summed E-state index contributed by atoms with van der Waals surface area (Å²) in [4.78, 5) is 0. The summed E-state index contributed by atoms with van der Waals surface area (Å²) >= 11 is 0. The molecule has 120 heavy (non-hydrogen) atoms. The van der Waals surface area contributed by atoms with E-state index in [1.54, 1.807) is 0 Å². The third-order valence-electron chi connectivity index (χ3n) is 25.6. The average molecular weight is 1580 g/mol. The minimum atomic E-state index is 1.09. The Morgan fingerprint density at radius 3 is 0.350 bits per heavy atom. The van der Waals surface area contributed by atoms with E-state index >= 15 is 0 Å². The molecule has 0 N–H and O–H groups in total. The molecule has 0 aliphatic rings. The third-order valence-corrected chi connectivity index (χ3v) is 25.6. The third kappa shape index (κ3) is 24.6. The van der Waals surface area contributed by atoms with Crippen molar-refractivity contribution in [3.63, 3.8) is 0 Å². The molecule has 0 radical (unpaired) electrons. The first-order chi connectivity index (χ1) is 59.6. The molecule has 0 unspecified atom stereocenters. The molecule has 0 saturated carbocycles. The van der Waals surface area contributed by atoms with Gasteiger partial charge in [0.25, 0.3) is 0 Å². The van der Waals surface area contributed by atoms with Crippen LogP contribution in [-0.4, -0.2) is 0 Å². The highest BCUT2D eigenvalue weighted by Crippen LogP contribution is 2.59. The van der Waals surface area contributed by atoms with Crippen LogP contribution in [0.5, 0.6) is 0 Å². The summed E-state index contributed by atoms with van der Waals surface area (Å²) in [6.07, 6.45) is 52.0. The van der Waals surface area contributed by atoms with Crippen molar-refractivity contribution in [1.82, 2.24) is 0 Å². The Morgan fingerprint density at radius 2 is 0.217 bits per heavy atom. The number of hydrogen-bond donors (Lipinski definition) is 0. The van der Waals surface area contributed by atoms with Crippen LogP contribution in [0.25, 0.3) is 134 Å². The van der Waals surface area contributed by atoms with Gasteiger partial charge >= 0.3 is 0 Å². The lowest BCUT2D eigenvalue weighted by atomic mass is 9.73. The van der Waals surface area contributed by atoms with Gasteiger partial charge in [0, 0.05) is 0 Å². The quantitative estimate of drug-likeness (QED) is 0.0333. The van der Waals surface area contributed by atoms with E-state index in [1.807, 2.05) is 0 Å². The molecule has 0 amide bonds. The van der Waals surface area contributed by atoms with Crippen molar-refractivity contribution in [2.24, 2.45) is 0 Å². The van der Waals surface area contributed by atoms with E-state index in [9.17, 15) is 0 Å². The fourth-order valence-corrected chi connectivity index (χ4v) is 19.0. The van der Waals surface area contributed by atoms with Crippen LogP contribution < -0.4 is 0 Å². The van der Waals surface area contributed by atoms with Gasteiger partial charge in [0.2, 0.25) is 0 Å². The van der Waals surface area contributed by atoms with Crippen molar-refractivity contribution in [1.29, 1.82) is 0 Å². The van der Waals surface area contributed by atoms with E-state index in [2.05, 4.69) is 330 Å². The van der Waals surface area contributed by atoms with E-state index in [0.29, 0.717) is 0 Å². The number of hydrogen-bond acceptors (Lipinski definition) is 0. The van der Waals surface area contributed by atoms with Crippen LogP contribution in [0.15, 0.2) is 309 Å². The standard InChI is InChI=1S/C120H138/c1-4-7-10-13-16-19-22-25-28-31-34-44-61-94-78-84-104(85-79-94)116-109(97-64-47-37-48-65-97)112(100-70-53-40-54-71-100)119(113(101-72-55-41-56-73-101)110(116)98-66-49-38-50-67-98)107-90-92-108(93-91-107)120-114(102-74-57-42-58-75-102)111(99-68-51-39-52-69-99)117(105-86-80-95(81-87-105)62-45-35-32-29-26-23-20-17-14-11-8-5-2)118(115(120)103-76-59-43-60-77-103)106-88-82-96(83-89-106)63-46-36-33-30-27-24-21-18-15-12-9-6-3/h37-43,47-60,64-93H,4-36,44-46,61-63H2,1-3H3. The SMILES string of the molecule is CCCCCCCCCCCCCCc1ccc(-c2c(-c3ccccc3)c(-c3ccccc3)c(-c3ccc(-c4c(-c5ccccc5)c(-c5ccccc5)c(-c5ccc(CCCCCCCCCCCCCC)cc5)c(-c5ccc(CCCCCCCCCCCCCC)cc5)c4-c4ccccc4)cc3)c(-c3ccccc3)c2-c2ccccc2)cc1. The molecule has 0 bridgehead atoms. The van der Waals surface area contributed by atoms with Crippen LogP contribution in [-0.2, 0) is 19.3 Å². The van der Waals surface area contributed by atoms with Crippen molar-refractivity contribution in [2.75, 3.05) is 0 Å². The molecule has 0 aromatic heterocycles. The van der Waals surface area contributed by atoms with Gasteiger partial charge in [0.05, 0.1) is 0 Å². The van der Waals surface area contributed by atoms with Crippen molar-refractivity contribution < 1.29 is 0 Å². The summed E-state index contributed by atoms with van der Waals surface area (Å²) in [5.41, 5.74) is 33.4. The molecule has 13 aromatic rings. The Bertz CT molecular complexity index is 4930. The van der Waals surface area contributed by atoms with Gasteiger partial charge in [-0.25, -0.2) is 0 Å². The highest BCUT2D eigenvalue weighted by Gasteiger charge is 2.32. The Kier molecular flexibility index (Phi) is 35.8. The maximum absolute atomic E-state index is 2.49. The van der Waals surface area contributed by atoms with Gasteiger partial charge in [-0.3, -0.25) is 0 Å². The van der Waals surface area contributed by atoms with Gasteiger partial charge in [0.15, 0.2) is 0 Å². The van der Waals surface area contributed by atoms with Crippen LogP contribution in [0.4, 0.5) is 0 Å². The van der Waals surface area contributed by atoms with E-state index in [0.717, 1.165) is 30.4 Å². The maximum atomic E-state index is 2.49. The van der Waals surface area contributed by atoms with Crippen molar-refractivity contribution in [3.05, 3.63) is 326 Å². The molecule has 0 saturated heterocycles. The lowest BCUT2D eigenvalue weighted by Crippen LogP contribution is -2.03. The van der Waals surface area contributed by atoms with Crippen LogP contribution in [0.3, 0.4) is 0 Å². The molecule has 0 heteroatoms. The van der Waals surface area contributed by atoms with E-state index in [1.165, 1.54) is 370 Å². The number of unbranched alkanes of at least 4 members (excludes halogenated alkanes) is 33. The smallest absolute Gasteiger partial charge is 0.00139 e. The lowest BCUT2D eigenvalue weighted by molar-refractivity contribution is 0.544. The number of benzene rings is 13.